The summed E-state index contributed by atoms with van der Waals surface area (Å²) in [6.07, 6.45) is 1.15. The highest BCUT2D eigenvalue weighted by Crippen LogP contribution is 2.44. The third-order valence-corrected chi connectivity index (χ3v) is 6.49. The number of aliphatic carboxylic acids is 1. The largest absolute Gasteiger partial charge is 0.481 e. The van der Waals surface area contributed by atoms with Crippen molar-refractivity contribution < 1.29 is 28.8 Å². The lowest BCUT2D eigenvalue weighted by atomic mass is 9.74. The van der Waals surface area contributed by atoms with E-state index in [1.165, 1.54) is 6.07 Å². The highest BCUT2D eigenvalue weighted by molar-refractivity contribution is 5.94. The first-order chi connectivity index (χ1) is 16.4. The number of aromatic nitrogens is 1. The van der Waals surface area contributed by atoms with Crippen molar-refractivity contribution in [2.45, 2.75) is 37.1 Å². The average Bonchev–Trinajstić information content (AvgIpc) is 3.39. The van der Waals surface area contributed by atoms with Crippen molar-refractivity contribution in [1.29, 1.82) is 0 Å². The summed E-state index contributed by atoms with van der Waals surface area (Å²) >= 11 is 0. The van der Waals surface area contributed by atoms with Gasteiger partial charge in [0.2, 0.25) is 5.88 Å². The summed E-state index contributed by atoms with van der Waals surface area (Å²) < 4.78 is 10.5. The molecule has 2 aromatic carbocycles. The van der Waals surface area contributed by atoms with E-state index in [1.54, 1.807) is 0 Å². The van der Waals surface area contributed by atoms with Crippen LogP contribution in [0.2, 0.25) is 0 Å². The van der Waals surface area contributed by atoms with Crippen LogP contribution in [0.25, 0.3) is 11.1 Å². The van der Waals surface area contributed by atoms with Gasteiger partial charge in [-0.1, -0.05) is 53.7 Å². The topological polar surface area (TPSA) is 131 Å². The number of nitrogens with one attached hydrogen (secondary N) is 2. The third-order valence-electron chi connectivity index (χ3n) is 6.49. The lowest BCUT2D eigenvalue weighted by Gasteiger charge is -2.41. The summed E-state index contributed by atoms with van der Waals surface area (Å²) in [4.78, 5) is 36.0. The number of nitrogens with zero attached hydrogens (tertiary/aromatic N) is 1. The number of anilines is 1. The van der Waals surface area contributed by atoms with Crippen LogP contribution in [0.5, 0.6) is 0 Å². The first kappa shape index (κ1) is 21.7. The Morgan fingerprint density at radius 2 is 1.71 bits per heavy atom. The number of rotatable bonds is 7. The van der Waals surface area contributed by atoms with E-state index >= 15 is 0 Å². The number of carboxylic acid groups (broad SMARTS) is 1. The fourth-order valence-electron chi connectivity index (χ4n) is 4.72. The van der Waals surface area contributed by atoms with E-state index < -0.39 is 23.5 Å². The predicted octanol–water partition coefficient (Wildman–Crippen LogP) is 4.16. The molecule has 3 N–H and O–H groups in total. The maximum atomic E-state index is 12.5. The van der Waals surface area contributed by atoms with Gasteiger partial charge in [-0.3, -0.25) is 14.9 Å². The van der Waals surface area contributed by atoms with Crippen LogP contribution < -0.4 is 10.6 Å². The summed E-state index contributed by atoms with van der Waals surface area (Å²) in [5.41, 5.74) is 3.64. The Kier molecular flexibility index (Phi) is 5.53. The van der Waals surface area contributed by atoms with Crippen LogP contribution in [-0.4, -0.2) is 40.4 Å². The van der Waals surface area contributed by atoms with Crippen molar-refractivity contribution in [2.24, 2.45) is 0 Å². The molecule has 0 aliphatic heterocycles. The first-order valence-corrected chi connectivity index (χ1v) is 11.1. The zero-order valence-corrected chi connectivity index (χ0v) is 18.2. The van der Waals surface area contributed by atoms with Crippen LogP contribution in [0.1, 0.15) is 53.2 Å². The number of carboxylic acids is 1. The number of ether oxygens (including phenoxy) is 1. The maximum absolute atomic E-state index is 12.5. The van der Waals surface area contributed by atoms with E-state index in [0.29, 0.717) is 12.8 Å². The zero-order valence-electron chi connectivity index (χ0n) is 18.2. The molecule has 2 aliphatic carbocycles. The summed E-state index contributed by atoms with van der Waals surface area (Å²) in [6.45, 7) is 0.138. The van der Waals surface area contributed by atoms with Gasteiger partial charge >= 0.3 is 12.1 Å². The highest BCUT2D eigenvalue weighted by atomic mass is 16.6. The summed E-state index contributed by atoms with van der Waals surface area (Å²) in [5.74, 6) is -1.64. The Morgan fingerprint density at radius 1 is 1.06 bits per heavy atom. The van der Waals surface area contributed by atoms with Crippen LogP contribution in [0.3, 0.4) is 0 Å². The molecule has 1 aromatic heterocycles. The summed E-state index contributed by atoms with van der Waals surface area (Å²) in [6, 6.07) is 17.3. The fourth-order valence-corrected chi connectivity index (χ4v) is 4.72. The second kappa shape index (κ2) is 8.66. The summed E-state index contributed by atoms with van der Waals surface area (Å²) in [5, 5.41) is 18.0. The Labute approximate surface area is 195 Å². The van der Waals surface area contributed by atoms with E-state index in [2.05, 4.69) is 27.9 Å². The fraction of sp³-hybridized carbons (Fsp3) is 0.280. The minimum atomic E-state index is -0.974. The SMILES string of the molecule is O=C(O)CC1(NC(=O)c2cc(NC(=O)OCC3c4ccccc4-c4ccccc43)on2)CCC1. The molecule has 0 spiro atoms. The van der Waals surface area contributed by atoms with Crippen molar-refractivity contribution in [3.05, 3.63) is 71.4 Å². The molecule has 174 valence electrons. The van der Waals surface area contributed by atoms with Crippen molar-refractivity contribution in [1.82, 2.24) is 10.5 Å². The number of carbonyl (C=O) groups is 3. The van der Waals surface area contributed by atoms with Crippen LogP contribution in [0, 0.1) is 0 Å². The Hall–Kier alpha value is -4.14. The second-order valence-corrected chi connectivity index (χ2v) is 8.69. The lowest BCUT2D eigenvalue weighted by molar-refractivity contribution is -0.139. The van der Waals surface area contributed by atoms with Gasteiger partial charge in [0.25, 0.3) is 5.91 Å². The lowest BCUT2D eigenvalue weighted by Crippen LogP contribution is -2.54. The molecule has 0 bridgehead atoms. The van der Waals surface area contributed by atoms with Crippen molar-refractivity contribution in [2.75, 3.05) is 11.9 Å². The quantitative estimate of drug-likeness (QED) is 0.481. The molecule has 0 saturated heterocycles. The normalized spacial score (nSPS) is 15.5. The molecule has 2 amide bonds. The van der Waals surface area contributed by atoms with Crippen LogP contribution in [-0.2, 0) is 9.53 Å². The second-order valence-electron chi connectivity index (χ2n) is 8.69. The van der Waals surface area contributed by atoms with Gasteiger partial charge in [-0.05, 0) is 41.5 Å². The molecule has 9 heteroatoms. The van der Waals surface area contributed by atoms with Gasteiger partial charge in [-0.15, -0.1) is 0 Å². The van der Waals surface area contributed by atoms with Crippen LogP contribution >= 0.6 is 0 Å². The molecule has 34 heavy (non-hydrogen) atoms. The molecular weight excluding hydrogens is 438 g/mol. The average molecular weight is 461 g/mol. The molecule has 0 atom stereocenters. The maximum Gasteiger partial charge on any atom is 0.414 e. The number of fused-ring (bicyclic) bond motifs is 3. The van der Waals surface area contributed by atoms with Crippen molar-refractivity contribution in [3.8, 4) is 11.1 Å². The van der Waals surface area contributed by atoms with Crippen molar-refractivity contribution in [3.63, 3.8) is 0 Å². The van der Waals surface area contributed by atoms with Gasteiger partial charge in [0, 0.05) is 12.0 Å². The molecular formula is C25H23N3O6. The zero-order chi connectivity index (χ0) is 23.7. The van der Waals surface area contributed by atoms with Gasteiger partial charge in [0.05, 0.1) is 12.0 Å². The Morgan fingerprint density at radius 3 is 2.29 bits per heavy atom. The number of amides is 2. The van der Waals surface area contributed by atoms with Gasteiger partial charge in [0.15, 0.2) is 5.69 Å². The van der Waals surface area contributed by atoms with Crippen LogP contribution in [0.15, 0.2) is 59.1 Å². The van der Waals surface area contributed by atoms with E-state index in [1.807, 2.05) is 36.4 Å². The third kappa shape index (κ3) is 4.12. The van der Waals surface area contributed by atoms with E-state index in [9.17, 15) is 14.4 Å². The van der Waals surface area contributed by atoms with Crippen molar-refractivity contribution >= 4 is 23.9 Å². The molecule has 5 rings (SSSR count). The predicted molar refractivity (Wildman–Crippen MR) is 121 cm³/mol. The van der Waals surface area contributed by atoms with E-state index in [0.717, 1.165) is 28.7 Å². The first-order valence-electron chi connectivity index (χ1n) is 11.1. The Bertz CT molecular complexity index is 1220. The number of benzene rings is 2. The van der Waals surface area contributed by atoms with Gasteiger partial charge < -0.3 is 19.7 Å². The van der Waals surface area contributed by atoms with Crippen LogP contribution in [0.4, 0.5) is 10.7 Å². The number of hydrogen-bond donors (Lipinski definition) is 3. The van der Waals surface area contributed by atoms with Gasteiger partial charge in [-0.25, -0.2) is 4.79 Å². The monoisotopic (exact) mass is 461 g/mol. The van der Waals surface area contributed by atoms with Gasteiger partial charge in [-0.2, -0.15) is 0 Å². The molecule has 9 nitrogen and oxygen atoms in total. The number of carbonyl (C=O) groups excluding carboxylic acids is 2. The molecule has 0 radical (unpaired) electrons. The molecule has 3 aromatic rings. The molecule has 2 aliphatic rings. The smallest absolute Gasteiger partial charge is 0.414 e. The number of hydrogen-bond acceptors (Lipinski definition) is 6. The van der Waals surface area contributed by atoms with E-state index in [4.69, 9.17) is 14.4 Å². The standard InChI is InChI=1S/C25H23N3O6/c29-22(30)13-25(10-5-11-25)27-23(31)20-12-21(34-28-20)26-24(32)33-14-19-17-8-3-1-6-15(17)16-7-2-4-9-18(16)19/h1-4,6-9,12,19H,5,10-11,13-14H2,(H,26,32)(H,27,31)(H,29,30). The molecule has 0 unspecified atom stereocenters. The summed E-state index contributed by atoms with van der Waals surface area (Å²) in [7, 11) is 0. The van der Waals surface area contributed by atoms with Gasteiger partial charge in [0.1, 0.15) is 6.61 Å². The molecule has 1 saturated carbocycles. The molecule has 1 heterocycles. The molecule has 1 fully saturated rings. The minimum absolute atomic E-state index is 0.0386. The minimum Gasteiger partial charge on any atom is -0.481 e. The Balaban J connectivity index is 1.20. The van der Waals surface area contributed by atoms with E-state index in [-0.39, 0.29) is 30.5 Å². The highest BCUT2D eigenvalue weighted by Gasteiger charge is 2.41.